The van der Waals surface area contributed by atoms with Crippen LogP contribution in [0.2, 0.25) is 0 Å². The average Bonchev–Trinajstić information content (AvgIpc) is 3.16. The van der Waals surface area contributed by atoms with E-state index in [1.54, 1.807) is 23.1 Å². The molecule has 10 nitrogen and oxygen atoms in total. The topological polar surface area (TPSA) is 124 Å². The largest absolute Gasteiger partial charge is 1.00 e. The molecule has 1 unspecified atom stereocenters. The number of aliphatic hydroxyl groups is 1. The van der Waals surface area contributed by atoms with E-state index in [1.807, 2.05) is 0 Å². The number of halogens is 1. The number of ether oxygens (including phenoxy) is 1. The number of thiocarbonyl (C=S) groups is 1. The number of pyridine rings is 1. The zero-order valence-electron chi connectivity index (χ0n) is 16.7. The van der Waals surface area contributed by atoms with Crippen LogP contribution in [-0.2, 0) is 19.6 Å². The number of hydrogen-bond donors (Lipinski definition) is 2. The molecule has 2 fully saturated rings. The molecule has 0 bridgehead atoms. The SMILES string of the molecule is O=C1C(=C2C(Cl)O[CH-]N2CCCCS(=O)(=O)O)N(CCO)C(=S)N1c1ccccn1.[K+]. The molecule has 31 heavy (non-hydrogen) atoms. The Morgan fingerprint density at radius 2 is 2.03 bits per heavy atom. The standard InChI is InChI=1S/C17H20ClN4O6S2.K/c18-15-13(20(11-28-15)7-3-4-10-30(25,26)27)14-16(24)22(12-5-1-2-6-19-12)17(29)21(14)8-9-23;/h1-2,5-6,11,15,23H,3-4,7-10H2,(H,25,26,27);/q-1;+1. The fourth-order valence-electron chi connectivity index (χ4n) is 3.13. The van der Waals surface area contributed by atoms with Gasteiger partial charge in [-0.25, -0.2) is 9.88 Å². The molecule has 0 saturated carbocycles. The molecule has 3 heterocycles. The molecule has 1 amide bonds. The van der Waals surface area contributed by atoms with Crippen LogP contribution in [-0.4, -0.2) is 74.9 Å². The number of anilines is 1. The van der Waals surface area contributed by atoms with Gasteiger partial charge in [-0.2, -0.15) is 8.42 Å². The van der Waals surface area contributed by atoms with Crippen LogP contribution in [0.25, 0.3) is 0 Å². The van der Waals surface area contributed by atoms with Crippen molar-refractivity contribution in [1.82, 2.24) is 14.8 Å². The maximum absolute atomic E-state index is 13.3. The Morgan fingerprint density at radius 3 is 2.65 bits per heavy atom. The van der Waals surface area contributed by atoms with Gasteiger partial charge in [-0.05, 0) is 43.7 Å². The summed E-state index contributed by atoms with van der Waals surface area (Å²) < 4.78 is 36.0. The van der Waals surface area contributed by atoms with E-state index in [1.165, 1.54) is 22.7 Å². The van der Waals surface area contributed by atoms with Crippen LogP contribution in [0.3, 0.4) is 0 Å². The summed E-state index contributed by atoms with van der Waals surface area (Å²) in [5, 5.41) is 9.64. The fourth-order valence-corrected chi connectivity index (χ4v) is 4.33. The number of carbonyl (C=O) groups excluding carboxylic acids is 1. The second-order valence-corrected chi connectivity index (χ2v) is 8.80. The maximum atomic E-state index is 13.3. The summed E-state index contributed by atoms with van der Waals surface area (Å²) in [4.78, 5) is 21.8. The summed E-state index contributed by atoms with van der Waals surface area (Å²) in [6, 6.07) is 5.07. The first-order chi connectivity index (χ1) is 14.2. The van der Waals surface area contributed by atoms with Crippen LogP contribution in [0.1, 0.15) is 12.8 Å². The van der Waals surface area contributed by atoms with Crippen LogP contribution in [0.5, 0.6) is 0 Å². The summed E-state index contributed by atoms with van der Waals surface area (Å²) in [5.74, 6) is -0.500. The van der Waals surface area contributed by atoms with E-state index in [2.05, 4.69) is 4.98 Å². The Balaban J connectivity index is 0.00000341. The molecular formula is C17H20ClKN4O6S2. The third-order valence-corrected chi connectivity index (χ3v) is 5.94. The molecule has 2 aliphatic rings. The van der Waals surface area contributed by atoms with Gasteiger partial charge in [-0.15, -0.1) is 6.73 Å². The second-order valence-electron chi connectivity index (χ2n) is 6.46. The van der Waals surface area contributed by atoms with Gasteiger partial charge in [0.2, 0.25) is 0 Å². The minimum Gasteiger partial charge on any atom is -0.513 e. The second kappa shape index (κ2) is 11.8. The molecule has 0 aromatic carbocycles. The zero-order chi connectivity index (χ0) is 21.9. The molecule has 2 saturated heterocycles. The summed E-state index contributed by atoms with van der Waals surface area (Å²) in [5.41, 5.74) is -0.482. The van der Waals surface area contributed by atoms with Gasteiger partial charge in [0, 0.05) is 12.7 Å². The number of carbonyl (C=O) groups is 1. The van der Waals surface area contributed by atoms with Gasteiger partial charge < -0.3 is 19.6 Å². The molecule has 3 rings (SSSR count). The molecule has 0 aliphatic carbocycles. The number of aliphatic hydroxyl groups excluding tert-OH is 1. The van der Waals surface area contributed by atoms with Crippen LogP contribution in [0, 0.1) is 6.73 Å². The Morgan fingerprint density at radius 1 is 1.29 bits per heavy atom. The third-order valence-electron chi connectivity index (χ3n) is 4.43. The summed E-state index contributed by atoms with van der Waals surface area (Å²) in [6.07, 6.45) is 2.14. The first-order valence-corrected chi connectivity index (χ1v) is 11.5. The number of β-amino-alcohol motifs (C(OH)–C–C–N with tert-alkyl or cyclic N) is 1. The van der Waals surface area contributed by atoms with Gasteiger partial charge >= 0.3 is 51.4 Å². The molecule has 0 radical (unpaired) electrons. The smallest absolute Gasteiger partial charge is 0.513 e. The van der Waals surface area contributed by atoms with Crippen molar-refractivity contribution in [3.63, 3.8) is 0 Å². The quantitative estimate of drug-likeness (QED) is 0.0758. The fraction of sp³-hybridized carbons (Fsp3) is 0.412. The van der Waals surface area contributed by atoms with Crippen molar-refractivity contribution in [2.45, 2.75) is 18.4 Å². The van der Waals surface area contributed by atoms with Crippen molar-refractivity contribution in [3.05, 3.63) is 42.5 Å². The molecule has 2 aliphatic heterocycles. The van der Waals surface area contributed by atoms with Gasteiger partial charge in [-0.1, -0.05) is 17.7 Å². The minimum absolute atomic E-state index is 0. The number of alkyl halides is 1. The summed E-state index contributed by atoms with van der Waals surface area (Å²) >= 11 is 11.8. The van der Waals surface area contributed by atoms with Crippen molar-refractivity contribution in [1.29, 1.82) is 0 Å². The van der Waals surface area contributed by atoms with E-state index in [-0.39, 0.29) is 87.5 Å². The predicted octanol–water partition coefficient (Wildman–Crippen LogP) is -2.09. The Kier molecular flexibility index (Phi) is 10.3. The number of aromatic nitrogens is 1. The van der Waals surface area contributed by atoms with E-state index in [0.717, 1.165) is 0 Å². The summed E-state index contributed by atoms with van der Waals surface area (Å²) in [7, 11) is -4.05. The van der Waals surface area contributed by atoms with Crippen LogP contribution >= 0.6 is 23.8 Å². The van der Waals surface area contributed by atoms with Gasteiger partial charge in [-0.3, -0.25) is 9.35 Å². The van der Waals surface area contributed by atoms with Crippen molar-refractivity contribution in [2.24, 2.45) is 0 Å². The Labute approximate surface area is 233 Å². The number of hydrogen-bond acceptors (Lipinski definition) is 8. The van der Waals surface area contributed by atoms with Gasteiger partial charge in [0.25, 0.3) is 16.0 Å². The summed E-state index contributed by atoms with van der Waals surface area (Å²) in [6.45, 7) is 1.46. The van der Waals surface area contributed by atoms with Gasteiger partial charge in [0.1, 0.15) is 17.1 Å². The van der Waals surface area contributed by atoms with Crippen molar-refractivity contribution >= 4 is 50.8 Å². The third kappa shape index (κ3) is 6.44. The molecule has 1 aromatic rings. The molecular weight excluding hydrogens is 495 g/mol. The van der Waals surface area contributed by atoms with Crippen molar-refractivity contribution < 1.29 is 79.0 Å². The molecule has 0 spiro atoms. The molecule has 1 atom stereocenters. The van der Waals surface area contributed by atoms with E-state index >= 15 is 0 Å². The number of amides is 1. The van der Waals surface area contributed by atoms with Crippen LogP contribution in [0.15, 0.2) is 35.8 Å². The predicted molar refractivity (Wildman–Crippen MR) is 113 cm³/mol. The maximum Gasteiger partial charge on any atom is 1.00 e. The van der Waals surface area contributed by atoms with Gasteiger partial charge in [0.05, 0.1) is 18.1 Å². The average molecular weight is 515 g/mol. The van der Waals surface area contributed by atoms with E-state index in [9.17, 15) is 18.3 Å². The molecule has 164 valence electrons. The molecule has 14 heteroatoms. The number of unbranched alkanes of at least 4 members (excludes halogenated alkanes) is 1. The molecule has 2 N–H and O–H groups in total. The van der Waals surface area contributed by atoms with Crippen molar-refractivity contribution in [3.8, 4) is 0 Å². The Bertz CT molecular complexity index is 949. The monoisotopic (exact) mass is 514 g/mol. The Hall–Kier alpha value is -0.194. The normalized spacial score (nSPS) is 21.8. The first-order valence-electron chi connectivity index (χ1n) is 9.01. The first kappa shape index (κ1) is 27.1. The minimum atomic E-state index is -4.05. The number of rotatable bonds is 8. The number of nitrogens with zero attached hydrogens (tertiary/aromatic N) is 4. The van der Waals surface area contributed by atoms with E-state index in [0.29, 0.717) is 24.5 Å². The van der Waals surface area contributed by atoms with Crippen molar-refractivity contribution in [2.75, 3.05) is 30.3 Å². The van der Waals surface area contributed by atoms with Crippen LogP contribution < -0.4 is 56.3 Å². The van der Waals surface area contributed by atoms with Gasteiger partial charge in [0.15, 0.2) is 5.11 Å². The zero-order valence-corrected chi connectivity index (χ0v) is 22.2. The van der Waals surface area contributed by atoms with E-state index in [4.69, 9.17) is 33.1 Å². The molecule has 1 aromatic heterocycles. The van der Waals surface area contributed by atoms with E-state index < -0.39 is 21.6 Å². The van der Waals surface area contributed by atoms with Crippen LogP contribution in [0.4, 0.5) is 5.82 Å².